The van der Waals surface area contributed by atoms with Crippen LogP contribution in [0.3, 0.4) is 0 Å². The molecule has 40 heavy (non-hydrogen) atoms. The first-order valence-electron chi connectivity index (χ1n) is 12.7. The van der Waals surface area contributed by atoms with E-state index in [1.165, 1.54) is 30.1 Å². The summed E-state index contributed by atoms with van der Waals surface area (Å²) in [7, 11) is -6.81. The predicted molar refractivity (Wildman–Crippen MR) is 141 cm³/mol. The van der Waals surface area contributed by atoms with E-state index in [1.807, 2.05) is 0 Å². The molecular weight excluding hydrogens is 566 g/mol. The highest BCUT2D eigenvalue weighted by Gasteiger charge is 2.60. The Labute approximate surface area is 230 Å². The Hall–Kier alpha value is -3.39. The normalized spacial score (nSPS) is 28.6. The molecule has 14 heteroatoms. The number of amidine groups is 1. The van der Waals surface area contributed by atoms with E-state index >= 15 is 0 Å². The number of halogens is 2. The highest BCUT2D eigenvalue weighted by Crippen LogP contribution is 2.54. The van der Waals surface area contributed by atoms with E-state index in [1.54, 1.807) is 0 Å². The molecule has 3 fully saturated rings. The van der Waals surface area contributed by atoms with Crippen LogP contribution in [0.2, 0.25) is 0 Å². The zero-order valence-electron chi connectivity index (χ0n) is 21.5. The predicted octanol–water partition coefficient (Wildman–Crippen LogP) is 2.52. The lowest BCUT2D eigenvalue weighted by molar-refractivity contribution is -0.153. The average Bonchev–Trinajstić information content (AvgIpc) is 3.50. The van der Waals surface area contributed by atoms with Gasteiger partial charge in [-0.2, -0.15) is 8.42 Å². The summed E-state index contributed by atoms with van der Waals surface area (Å²) < 4.78 is 82.7. The van der Waals surface area contributed by atoms with Gasteiger partial charge in [0.05, 0.1) is 17.6 Å². The molecule has 1 N–H and O–H groups in total. The molecule has 2 aliphatic carbocycles. The zero-order valence-corrected chi connectivity index (χ0v) is 23.2. The lowest BCUT2D eigenvalue weighted by Gasteiger charge is -2.45. The van der Waals surface area contributed by atoms with Crippen LogP contribution < -0.4 is 9.62 Å². The van der Waals surface area contributed by atoms with Gasteiger partial charge in [0, 0.05) is 25.6 Å². The minimum Gasteiger partial charge on any atom is -0.341 e. The van der Waals surface area contributed by atoms with E-state index in [0.29, 0.717) is 5.56 Å². The minimum atomic E-state index is -4.42. The third-order valence-corrected chi connectivity index (χ3v) is 11.1. The lowest BCUT2D eigenvalue weighted by atomic mass is 9.73. The quantitative estimate of drug-likeness (QED) is 0.528. The van der Waals surface area contributed by atoms with E-state index in [2.05, 4.69) is 9.71 Å². The molecule has 1 saturated heterocycles. The number of Topliss-reactive ketones (excluding diaryl/α,β-unsaturated/α-hetero) is 1. The third-order valence-electron chi connectivity index (χ3n) is 8.57. The average molecular weight is 593 g/mol. The van der Waals surface area contributed by atoms with Gasteiger partial charge in [0.25, 0.3) is 10.0 Å². The molecule has 0 spiro atoms. The lowest BCUT2D eigenvalue weighted by Crippen LogP contribution is -2.61. The summed E-state index contributed by atoms with van der Waals surface area (Å²) >= 11 is 0. The molecule has 2 saturated carbocycles. The van der Waals surface area contributed by atoms with Crippen LogP contribution in [-0.2, 0) is 36.2 Å². The summed E-state index contributed by atoms with van der Waals surface area (Å²) in [5.74, 6) is -5.38. The molecule has 6 rings (SSSR count). The van der Waals surface area contributed by atoms with Gasteiger partial charge in [-0.1, -0.05) is 6.07 Å². The van der Waals surface area contributed by atoms with E-state index in [4.69, 9.17) is 0 Å². The van der Waals surface area contributed by atoms with Crippen molar-refractivity contribution < 1.29 is 35.2 Å². The molecule has 3 unspecified atom stereocenters. The van der Waals surface area contributed by atoms with Crippen LogP contribution in [0.4, 0.5) is 20.2 Å². The number of anilines is 2. The van der Waals surface area contributed by atoms with Crippen molar-refractivity contribution in [3.63, 3.8) is 0 Å². The maximum atomic E-state index is 14.0. The van der Waals surface area contributed by atoms with E-state index in [-0.39, 0.29) is 40.5 Å². The molecule has 0 aromatic heterocycles. The number of piperidine rings is 1. The summed E-state index contributed by atoms with van der Waals surface area (Å²) in [6, 6.07) is 6.87. The Balaban J connectivity index is 1.38. The van der Waals surface area contributed by atoms with Crippen molar-refractivity contribution in [2.75, 3.05) is 22.9 Å². The second-order valence-electron chi connectivity index (χ2n) is 10.9. The first-order valence-corrected chi connectivity index (χ1v) is 16.0. The summed E-state index contributed by atoms with van der Waals surface area (Å²) in [6.45, 7) is -0.0675. The number of hydrogen-bond donors (Lipinski definition) is 1. The Morgan fingerprint density at radius 3 is 2.50 bits per heavy atom. The fourth-order valence-corrected chi connectivity index (χ4v) is 8.36. The molecule has 1 amide bonds. The zero-order chi connectivity index (χ0) is 28.7. The molecule has 212 valence electrons. The molecule has 2 aromatic rings. The van der Waals surface area contributed by atoms with Crippen molar-refractivity contribution in [2.45, 2.75) is 36.7 Å². The van der Waals surface area contributed by atoms with E-state index < -0.39 is 61.2 Å². The van der Waals surface area contributed by atoms with Crippen LogP contribution in [0.25, 0.3) is 0 Å². The van der Waals surface area contributed by atoms with Crippen LogP contribution in [0, 0.1) is 35.3 Å². The SMILES string of the molecule is CN(c1ccc2c(c1)S(=O)(=O)N=C(C1C(=O)C3C([C@@H]4CC[C@H]3C4)N(Cc3ccc(F)c(F)c3)C1=O)N2)S(C)(=O)=O. The van der Waals surface area contributed by atoms with Crippen molar-refractivity contribution in [1.82, 2.24) is 4.90 Å². The summed E-state index contributed by atoms with van der Waals surface area (Å²) in [6.07, 6.45) is 3.39. The number of carbonyl (C=O) groups excluding carboxylic acids is 2. The van der Waals surface area contributed by atoms with E-state index in [9.17, 15) is 35.2 Å². The molecule has 10 nitrogen and oxygen atoms in total. The summed E-state index contributed by atoms with van der Waals surface area (Å²) in [4.78, 5) is 29.0. The van der Waals surface area contributed by atoms with Crippen LogP contribution in [0.15, 0.2) is 45.7 Å². The van der Waals surface area contributed by atoms with Gasteiger partial charge >= 0.3 is 0 Å². The van der Waals surface area contributed by atoms with Gasteiger partial charge in [-0.05, 0) is 67.0 Å². The van der Waals surface area contributed by atoms with Crippen molar-refractivity contribution >= 4 is 48.9 Å². The number of likely N-dealkylation sites (tertiary alicyclic amines) is 1. The molecular formula is C26H26F2N4O6S2. The standard InChI is InChI=1S/C26H26F2N4O6S2/c1-31(39(2,35)36)16-6-8-19-20(11-16)40(37,38)30-25(29-19)22-24(33)21-14-4-5-15(10-14)23(21)32(26(22)34)12-13-3-7-17(27)18(28)9-13/h3,6-9,11,14-15,21-23H,4-5,10,12H2,1-2H3,(H,29,30)/t14-,15+,21?,22?,23?/m0/s1. The van der Waals surface area contributed by atoms with Crippen LogP contribution in [0.5, 0.6) is 0 Å². The van der Waals surface area contributed by atoms with Gasteiger partial charge in [0.1, 0.15) is 10.7 Å². The second-order valence-corrected chi connectivity index (χ2v) is 14.5. The third kappa shape index (κ3) is 4.19. The number of carbonyl (C=O) groups is 2. The monoisotopic (exact) mass is 592 g/mol. The number of nitrogens with zero attached hydrogens (tertiary/aromatic N) is 3. The van der Waals surface area contributed by atoms with Gasteiger partial charge in [0.15, 0.2) is 23.3 Å². The Bertz CT molecular complexity index is 1710. The Morgan fingerprint density at radius 2 is 1.80 bits per heavy atom. The Morgan fingerprint density at radius 1 is 1.07 bits per heavy atom. The maximum Gasteiger partial charge on any atom is 0.286 e. The highest BCUT2D eigenvalue weighted by atomic mass is 32.2. The van der Waals surface area contributed by atoms with Gasteiger partial charge < -0.3 is 10.2 Å². The fraction of sp³-hybridized carbons (Fsp3) is 0.423. The van der Waals surface area contributed by atoms with Gasteiger partial charge in [-0.3, -0.25) is 13.9 Å². The number of sulfonamides is 2. The van der Waals surface area contributed by atoms with E-state index in [0.717, 1.165) is 48.0 Å². The second kappa shape index (κ2) is 9.06. The number of amides is 1. The molecule has 2 aliphatic heterocycles. The number of benzene rings is 2. The number of nitrogens with one attached hydrogen (secondary N) is 1. The van der Waals surface area contributed by atoms with Crippen molar-refractivity contribution in [3.8, 4) is 0 Å². The number of hydrogen-bond acceptors (Lipinski definition) is 7. The summed E-state index contributed by atoms with van der Waals surface area (Å²) in [5, 5.41) is 2.84. The molecule has 2 bridgehead atoms. The molecule has 2 aromatic carbocycles. The number of rotatable bonds is 5. The maximum absolute atomic E-state index is 14.0. The van der Waals surface area contributed by atoms with Gasteiger partial charge in [-0.25, -0.2) is 17.2 Å². The first-order chi connectivity index (χ1) is 18.8. The highest BCUT2D eigenvalue weighted by molar-refractivity contribution is 7.92. The van der Waals surface area contributed by atoms with Gasteiger partial charge in [-0.15, -0.1) is 4.40 Å². The van der Waals surface area contributed by atoms with Crippen molar-refractivity contribution in [1.29, 1.82) is 0 Å². The van der Waals surface area contributed by atoms with Crippen LogP contribution in [0.1, 0.15) is 24.8 Å². The topological polar surface area (TPSA) is 133 Å². The largest absolute Gasteiger partial charge is 0.341 e. The molecule has 5 atom stereocenters. The molecule has 0 radical (unpaired) electrons. The first kappa shape index (κ1) is 26.8. The van der Waals surface area contributed by atoms with Crippen molar-refractivity contribution in [3.05, 3.63) is 53.6 Å². The van der Waals surface area contributed by atoms with Crippen LogP contribution in [-0.4, -0.2) is 58.6 Å². The number of fused-ring (bicyclic) bond motifs is 6. The number of ketones is 1. The fourth-order valence-electron chi connectivity index (χ4n) is 6.69. The Kier molecular flexibility index (Phi) is 6.07. The molecule has 4 aliphatic rings. The van der Waals surface area contributed by atoms with Crippen LogP contribution >= 0.6 is 0 Å². The smallest absolute Gasteiger partial charge is 0.286 e. The van der Waals surface area contributed by atoms with Gasteiger partial charge in [0.2, 0.25) is 15.9 Å². The van der Waals surface area contributed by atoms with Crippen molar-refractivity contribution in [2.24, 2.45) is 28.1 Å². The molecule has 2 heterocycles. The summed E-state index contributed by atoms with van der Waals surface area (Å²) in [5.41, 5.74) is 0.497. The minimum absolute atomic E-state index is 0.0349.